The van der Waals surface area contributed by atoms with Crippen molar-refractivity contribution < 1.29 is 57.6 Å². The standard InChI is InChI=1S/C29H29F6N3O7S2/c1-27(2)25(40)38(19-8-10-23(47(4,44)45)21(15-19)29(33,34)35)26(41)37(27)12-6-5-11-36-16-18(14-24(36)39)17-7-9-22(46(3,42)43)20(13-17)28(30,31)32/h5-10,13,15,18H,11-12,14,16H2,1-4H3/b6-5-. The van der Waals surface area contributed by atoms with Crippen LogP contribution in [0, 0.1) is 0 Å². The third-order valence-electron chi connectivity index (χ3n) is 7.92. The summed E-state index contributed by atoms with van der Waals surface area (Å²) in [7, 11) is -8.48. The zero-order valence-electron chi connectivity index (χ0n) is 25.3. The number of imide groups is 1. The molecule has 0 saturated carbocycles. The minimum atomic E-state index is -5.11. The minimum Gasteiger partial charge on any atom is -0.338 e. The van der Waals surface area contributed by atoms with Gasteiger partial charge in [-0.2, -0.15) is 26.3 Å². The van der Waals surface area contributed by atoms with Crippen LogP contribution in [0.5, 0.6) is 0 Å². The topological polar surface area (TPSA) is 129 Å². The van der Waals surface area contributed by atoms with Crippen molar-refractivity contribution in [2.75, 3.05) is 37.0 Å². The number of alkyl halides is 6. The van der Waals surface area contributed by atoms with E-state index in [0.29, 0.717) is 29.5 Å². The van der Waals surface area contributed by atoms with Gasteiger partial charge in [0.25, 0.3) is 5.91 Å². The van der Waals surface area contributed by atoms with Gasteiger partial charge in [0.1, 0.15) is 5.54 Å². The van der Waals surface area contributed by atoms with Gasteiger partial charge in [0.2, 0.25) is 5.91 Å². The first-order valence-corrected chi connectivity index (χ1v) is 17.5. The van der Waals surface area contributed by atoms with Crippen LogP contribution in [0.4, 0.5) is 36.8 Å². The number of carbonyl (C=O) groups excluding carboxylic acids is 3. The smallest absolute Gasteiger partial charge is 0.338 e. The number of amides is 4. The second kappa shape index (κ2) is 11.9. The number of hydrogen-bond donors (Lipinski definition) is 0. The van der Waals surface area contributed by atoms with E-state index in [9.17, 15) is 57.6 Å². The molecule has 2 heterocycles. The Morgan fingerprint density at radius 1 is 0.809 bits per heavy atom. The zero-order valence-corrected chi connectivity index (χ0v) is 26.9. The Hall–Kier alpha value is -3.93. The molecule has 10 nitrogen and oxygen atoms in total. The van der Waals surface area contributed by atoms with E-state index in [0.717, 1.165) is 23.1 Å². The quantitative estimate of drug-likeness (QED) is 0.222. The van der Waals surface area contributed by atoms with E-state index in [1.54, 1.807) is 0 Å². The van der Waals surface area contributed by atoms with Crippen molar-refractivity contribution in [2.24, 2.45) is 0 Å². The molecule has 4 rings (SSSR count). The van der Waals surface area contributed by atoms with Crippen LogP contribution in [0.15, 0.2) is 58.3 Å². The second-order valence-electron chi connectivity index (χ2n) is 11.7. The van der Waals surface area contributed by atoms with Crippen LogP contribution in [0.3, 0.4) is 0 Å². The largest absolute Gasteiger partial charge is 0.417 e. The van der Waals surface area contributed by atoms with Crippen LogP contribution in [0.1, 0.15) is 42.9 Å². The van der Waals surface area contributed by atoms with Crippen LogP contribution in [-0.2, 0) is 41.6 Å². The van der Waals surface area contributed by atoms with Crippen LogP contribution in [0.25, 0.3) is 0 Å². The summed E-state index contributed by atoms with van der Waals surface area (Å²) in [4.78, 5) is 40.2. The lowest BCUT2D eigenvalue weighted by Crippen LogP contribution is -2.44. The minimum absolute atomic E-state index is 0.0180. The van der Waals surface area contributed by atoms with Gasteiger partial charge < -0.3 is 9.80 Å². The molecule has 2 aromatic carbocycles. The fourth-order valence-electron chi connectivity index (χ4n) is 5.47. The lowest BCUT2D eigenvalue weighted by molar-refractivity contribution is -0.140. The van der Waals surface area contributed by atoms with Crippen molar-refractivity contribution in [3.8, 4) is 0 Å². The first-order valence-electron chi connectivity index (χ1n) is 13.8. The van der Waals surface area contributed by atoms with E-state index in [-0.39, 0.29) is 31.6 Å². The summed E-state index contributed by atoms with van der Waals surface area (Å²) in [5.41, 5.74) is -4.75. The van der Waals surface area contributed by atoms with E-state index in [4.69, 9.17) is 0 Å². The van der Waals surface area contributed by atoms with Crippen LogP contribution in [-0.4, -0.2) is 82.2 Å². The molecule has 1 unspecified atom stereocenters. The van der Waals surface area contributed by atoms with Crippen molar-refractivity contribution in [2.45, 2.75) is 53.9 Å². The molecule has 0 bridgehead atoms. The Morgan fingerprint density at radius 2 is 1.32 bits per heavy atom. The first-order chi connectivity index (χ1) is 21.3. The molecule has 0 N–H and O–H groups in total. The average molecular weight is 710 g/mol. The van der Waals surface area contributed by atoms with Crippen molar-refractivity contribution in [3.63, 3.8) is 0 Å². The Kier molecular flexibility index (Phi) is 9.13. The molecular formula is C29H29F6N3O7S2. The van der Waals surface area contributed by atoms with E-state index >= 15 is 0 Å². The monoisotopic (exact) mass is 709 g/mol. The van der Waals surface area contributed by atoms with Gasteiger partial charge in [-0.3, -0.25) is 9.59 Å². The number of sulfone groups is 2. The third kappa shape index (κ3) is 7.17. The van der Waals surface area contributed by atoms with E-state index in [1.165, 1.54) is 37.0 Å². The van der Waals surface area contributed by atoms with E-state index in [1.807, 2.05) is 0 Å². The van der Waals surface area contributed by atoms with Gasteiger partial charge in [-0.05, 0) is 49.7 Å². The Balaban J connectivity index is 1.49. The molecule has 0 aromatic heterocycles. The summed E-state index contributed by atoms with van der Waals surface area (Å²) in [6.45, 7) is 2.52. The molecule has 1 atom stereocenters. The number of rotatable bonds is 8. The average Bonchev–Trinajstić information content (AvgIpc) is 3.37. The summed E-state index contributed by atoms with van der Waals surface area (Å²) >= 11 is 0. The molecule has 2 aromatic rings. The van der Waals surface area contributed by atoms with Gasteiger partial charge in [0.15, 0.2) is 19.7 Å². The summed E-state index contributed by atoms with van der Waals surface area (Å²) in [6, 6.07) is 3.88. The number of nitrogens with zero attached hydrogens (tertiary/aromatic N) is 3. The SMILES string of the molecule is CC1(C)C(=O)N(c2ccc(S(C)(=O)=O)c(C(F)(F)F)c2)C(=O)N1C/C=C\CN1CC(c2ccc(S(C)(=O)=O)c(C(F)(F)F)c2)CC1=O. The van der Waals surface area contributed by atoms with Gasteiger partial charge in [0.05, 0.1) is 26.6 Å². The van der Waals surface area contributed by atoms with Crippen LogP contribution in [0.2, 0.25) is 0 Å². The molecule has 47 heavy (non-hydrogen) atoms. The zero-order chi connectivity index (χ0) is 35.5. The summed E-state index contributed by atoms with van der Waals surface area (Å²) < 4.78 is 130. The maximum atomic E-state index is 13.7. The van der Waals surface area contributed by atoms with Gasteiger partial charge in [-0.1, -0.05) is 18.2 Å². The molecule has 256 valence electrons. The Morgan fingerprint density at radius 3 is 1.85 bits per heavy atom. The maximum Gasteiger partial charge on any atom is 0.417 e. The van der Waals surface area contributed by atoms with Gasteiger partial charge >= 0.3 is 18.4 Å². The number of carbonyl (C=O) groups is 3. The molecule has 0 radical (unpaired) electrons. The Bertz CT molecular complexity index is 1890. The predicted molar refractivity (Wildman–Crippen MR) is 156 cm³/mol. The van der Waals surface area contributed by atoms with Crippen molar-refractivity contribution in [1.82, 2.24) is 9.80 Å². The number of likely N-dealkylation sites (tertiary alicyclic amines) is 1. The van der Waals surface area contributed by atoms with Gasteiger partial charge in [0, 0.05) is 44.5 Å². The second-order valence-corrected chi connectivity index (χ2v) is 15.7. The number of halogens is 6. The normalized spacial score (nSPS) is 19.5. The van der Waals surface area contributed by atoms with Gasteiger partial charge in [-0.15, -0.1) is 0 Å². The number of hydrogen-bond acceptors (Lipinski definition) is 7. The van der Waals surface area contributed by atoms with Crippen molar-refractivity contribution in [1.29, 1.82) is 0 Å². The summed E-state index contributed by atoms with van der Waals surface area (Å²) in [5.74, 6) is -1.92. The summed E-state index contributed by atoms with van der Waals surface area (Å²) in [6.07, 6.45) is -6.01. The van der Waals surface area contributed by atoms with E-state index < -0.39 is 87.9 Å². The van der Waals surface area contributed by atoms with Crippen LogP contribution >= 0.6 is 0 Å². The molecule has 4 amide bonds. The fourth-order valence-corrected chi connectivity index (χ4v) is 7.25. The summed E-state index contributed by atoms with van der Waals surface area (Å²) in [5, 5.41) is 0. The Labute approximate surface area is 266 Å². The van der Waals surface area contributed by atoms with E-state index in [2.05, 4.69) is 0 Å². The molecule has 0 aliphatic carbocycles. The number of benzene rings is 2. The molecule has 0 spiro atoms. The lowest BCUT2D eigenvalue weighted by atomic mass is 9.96. The third-order valence-corrected chi connectivity index (χ3v) is 10.2. The number of urea groups is 1. The lowest BCUT2D eigenvalue weighted by Gasteiger charge is -2.26. The highest BCUT2D eigenvalue weighted by Gasteiger charge is 2.52. The maximum absolute atomic E-state index is 13.7. The van der Waals surface area contributed by atoms with Gasteiger partial charge in [-0.25, -0.2) is 26.5 Å². The highest BCUT2D eigenvalue weighted by atomic mass is 32.2. The molecular weight excluding hydrogens is 680 g/mol. The molecule has 2 fully saturated rings. The molecule has 2 saturated heterocycles. The molecule has 18 heteroatoms. The molecule has 2 aliphatic heterocycles. The number of anilines is 1. The first kappa shape index (κ1) is 35.9. The fraction of sp³-hybridized carbons (Fsp3) is 0.414. The predicted octanol–water partition coefficient (Wildman–Crippen LogP) is 4.65. The molecule has 2 aliphatic rings. The van der Waals surface area contributed by atoms with Crippen LogP contribution < -0.4 is 4.90 Å². The highest BCUT2D eigenvalue weighted by molar-refractivity contribution is 7.91. The highest BCUT2D eigenvalue weighted by Crippen LogP contribution is 2.40. The van der Waals surface area contributed by atoms with Crippen molar-refractivity contribution >= 4 is 43.2 Å². The van der Waals surface area contributed by atoms with Crippen molar-refractivity contribution in [3.05, 3.63) is 65.2 Å².